The zero-order valence-electron chi connectivity index (χ0n) is 17.3. The number of halogens is 1. The van der Waals surface area contributed by atoms with Crippen molar-refractivity contribution in [1.29, 1.82) is 0 Å². The van der Waals surface area contributed by atoms with Crippen molar-refractivity contribution in [3.63, 3.8) is 0 Å². The Hall–Kier alpha value is -2.97. The second-order valence-electron chi connectivity index (χ2n) is 7.43. The summed E-state index contributed by atoms with van der Waals surface area (Å²) >= 11 is 6.11. The summed E-state index contributed by atoms with van der Waals surface area (Å²) in [4.78, 5) is 24.6. The van der Waals surface area contributed by atoms with Gasteiger partial charge in [0.05, 0.1) is 15.6 Å². The number of hydrogen-bond acceptors (Lipinski definition) is 5. The van der Waals surface area contributed by atoms with Gasteiger partial charge in [0.1, 0.15) is 6.54 Å². The lowest BCUT2D eigenvalue weighted by molar-refractivity contribution is -0.117. The molecule has 9 heteroatoms. The minimum Gasteiger partial charge on any atom is -0.323 e. The number of hydrogen-bond donors (Lipinski definition) is 1. The standard InChI is InChI=1S/C22H22ClN3O4S/c1-14(2)16-5-7-17(8-6-16)31(29,30)21-10-11-22(28)26(25-21)13-20(27)24-19-9-4-15(3)12-18(19)23/h4-12,14H,13H2,1-3H3,(H,24,27). The Morgan fingerprint density at radius 1 is 1.10 bits per heavy atom. The molecule has 31 heavy (non-hydrogen) atoms. The first kappa shape index (κ1) is 22.7. The van der Waals surface area contributed by atoms with Gasteiger partial charge in [0.15, 0.2) is 5.03 Å². The normalized spacial score (nSPS) is 11.5. The molecule has 1 heterocycles. The zero-order chi connectivity index (χ0) is 22.8. The highest BCUT2D eigenvalue weighted by Gasteiger charge is 2.21. The number of aromatic nitrogens is 2. The number of carbonyl (C=O) groups is 1. The summed E-state index contributed by atoms with van der Waals surface area (Å²) < 4.78 is 26.7. The number of aryl methyl sites for hydroxylation is 1. The third-order valence-electron chi connectivity index (χ3n) is 4.67. The summed E-state index contributed by atoms with van der Waals surface area (Å²) in [5, 5.41) is 6.56. The van der Waals surface area contributed by atoms with E-state index in [2.05, 4.69) is 10.4 Å². The molecule has 2 aromatic carbocycles. The molecule has 162 valence electrons. The number of sulfone groups is 1. The van der Waals surface area contributed by atoms with Gasteiger partial charge in [0.2, 0.25) is 15.7 Å². The second-order valence-corrected chi connectivity index (χ2v) is 9.73. The predicted octanol–water partition coefficient (Wildman–Crippen LogP) is 3.80. The van der Waals surface area contributed by atoms with Gasteiger partial charge in [-0.2, -0.15) is 5.10 Å². The molecule has 0 atom stereocenters. The molecule has 3 rings (SSSR count). The average molecular weight is 460 g/mol. The van der Waals surface area contributed by atoms with Crippen molar-refractivity contribution in [3.05, 3.63) is 81.1 Å². The highest BCUT2D eigenvalue weighted by Crippen LogP contribution is 2.23. The van der Waals surface area contributed by atoms with Crippen LogP contribution in [0.15, 0.2) is 69.3 Å². The summed E-state index contributed by atoms with van der Waals surface area (Å²) in [6, 6.07) is 13.8. The fourth-order valence-corrected chi connectivity index (χ4v) is 4.36. The van der Waals surface area contributed by atoms with Crippen molar-refractivity contribution >= 4 is 33.0 Å². The van der Waals surface area contributed by atoms with Crippen LogP contribution < -0.4 is 10.9 Å². The van der Waals surface area contributed by atoms with Crippen molar-refractivity contribution in [2.75, 3.05) is 5.32 Å². The maximum atomic E-state index is 12.9. The van der Waals surface area contributed by atoms with Crippen LogP contribution in [-0.4, -0.2) is 24.1 Å². The van der Waals surface area contributed by atoms with Crippen LogP contribution >= 0.6 is 11.6 Å². The van der Waals surface area contributed by atoms with Crippen LogP contribution in [0.2, 0.25) is 5.02 Å². The lowest BCUT2D eigenvalue weighted by atomic mass is 10.0. The molecule has 0 saturated carbocycles. The largest absolute Gasteiger partial charge is 0.323 e. The van der Waals surface area contributed by atoms with E-state index in [-0.39, 0.29) is 15.8 Å². The molecule has 1 N–H and O–H groups in total. The van der Waals surface area contributed by atoms with Gasteiger partial charge in [-0.3, -0.25) is 9.59 Å². The third-order valence-corrected chi connectivity index (χ3v) is 6.64. The predicted molar refractivity (Wildman–Crippen MR) is 119 cm³/mol. The van der Waals surface area contributed by atoms with Crippen LogP contribution in [0.4, 0.5) is 5.69 Å². The molecule has 0 fully saturated rings. The minimum atomic E-state index is -3.95. The zero-order valence-corrected chi connectivity index (χ0v) is 18.9. The van der Waals surface area contributed by atoms with Gasteiger partial charge in [-0.05, 0) is 54.3 Å². The first-order chi connectivity index (χ1) is 14.6. The highest BCUT2D eigenvalue weighted by atomic mass is 35.5. The number of nitrogens with zero attached hydrogens (tertiary/aromatic N) is 2. The lowest BCUT2D eigenvalue weighted by Crippen LogP contribution is -2.30. The SMILES string of the molecule is Cc1ccc(NC(=O)Cn2nc(S(=O)(=O)c3ccc(C(C)C)cc3)ccc2=O)c(Cl)c1. The highest BCUT2D eigenvalue weighted by molar-refractivity contribution is 7.91. The Morgan fingerprint density at radius 3 is 2.39 bits per heavy atom. The average Bonchev–Trinajstić information content (AvgIpc) is 2.71. The van der Waals surface area contributed by atoms with E-state index < -0.39 is 27.8 Å². The van der Waals surface area contributed by atoms with Crippen LogP contribution in [0.5, 0.6) is 0 Å². The van der Waals surface area contributed by atoms with E-state index in [4.69, 9.17) is 11.6 Å². The Kier molecular flexibility index (Phi) is 6.62. The monoisotopic (exact) mass is 459 g/mol. The van der Waals surface area contributed by atoms with Crippen LogP contribution in [0.1, 0.15) is 30.9 Å². The number of benzene rings is 2. The molecule has 3 aromatic rings. The van der Waals surface area contributed by atoms with E-state index >= 15 is 0 Å². The van der Waals surface area contributed by atoms with E-state index in [1.807, 2.05) is 20.8 Å². The first-order valence-electron chi connectivity index (χ1n) is 9.57. The van der Waals surface area contributed by atoms with Gasteiger partial charge in [-0.25, -0.2) is 13.1 Å². The van der Waals surface area contributed by atoms with Crippen molar-refractivity contribution in [2.45, 2.75) is 43.2 Å². The van der Waals surface area contributed by atoms with Gasteiger partial charge in [0, 0.05) is 6.07 Å². The molecule has 0 aliphatic carbocycles. The molecule has 0 bridgehead atoms. The Balaban J connectivity index is 1.85. The summed E-state index contributed by atoms with van der Waals surface area (Å²) in [6.07, 6.45) is 0. The number of anilines is 1. The lowest BCUT2D eigenvalue weighted by Gasteiger charge is -2.11. The van der Waals surface area contributed by atoms with E-state index in [1.54, 1.807) is 30.3 Å². The van der Waals surface area contributed by atoms with E-state index in [9.17, 15) is 18.0 Å². The number of nitrogens with one attached hydrogen (secondary N) is 1. The molecule has 1 amide bonds. The van der Waals surface area contributed by atoms with Gasteiger partial charge in [-0.15, -0.1) is 0 Å². The molecule has 0 aliphatic heterocycles. The molecule has 0 radical (unpaired) electrons. The van der Waals surface area contributed by atoms with Gasteiger partial charge < -0.3 is 5.32 Å². The molecular weight excluding hydrogens is 438 g/mol. The van der Waals surface area contributed by atoms with Crippen molar-refractivity contribution in [3.8, 4) is 0 Å². The maximum Gasteiger partial charge on any atom is 0.267 e. The Bertz CT molecular complexity index is 1280. The number of carbonyl (C=O) groups excluding carboxylic acids is 1. The first-order valence-corrected chi connectivity index (χ1v) is 11.4. The van der Waals surface area contributed by atoms with Crippen LogP contribution in [-0.2, 0) is 21.2 Å². The fraction of sp³-hybridized carbons (Fsp3) is 0.227. The van der Waals surface area contributed by atoms with Crippen molar-refractivity contribution < 1.29 is 13.2 Å². The molecule has 1 aromatic heterocycles. The van der Waals surface area contributed by atoms with Crippen LogP contribution in [0.3, 0.4) is 0 Å². The van der Waals surface area contributed by atoms with E-state index in [0.29, 0.717) is 10.7 Å². The third kappa shape index (κ3) is 5.21. The van der Waals surface area contributed by atoms with Crippen molar-refractivity contribution in [2.24, 2.45) is 0 Å². The molecule has 0 saturated heterocycles. The maximum absolute atomic E-state index is 12.9. The van der Waals surface area contributed by atoms with Gasteiger partial charge in [0.25, 0.3) is 5.56 Å². The summed E-state index contributed by atoms with van der Waals surface area (Å²) in [6.45, 7) is 5.42. The van der Waals surface area contributed by atoms with Gasteiger partial charge >= 0.3 is 0 Å². The van der Waals surface area contributed by atoms with Crippen LogP contribution in [0, 0.1) is 6.92 Å². The molecule has 0 aliphatic rings. The minimum absolute atomic E-state index is 0.0606. The fourth-order valence-electron chi connectivity index (χ4n) is 2.89. The van der Waals surface area contributed by atoms with E-state index in [0.717, 1.165) is 27.9 Å². The van der Waals surface area contributed by atoms with Gasteiger partial charge in [-0.1, -0.05) is 43.6 Å². The molecule has 0 unspecified atom stereocenters. The molecule has 7 nitrogen and oxygen atoms in total. The quantitative estimate of drug-likeness (QED) is 0.604. The smallest absolute Gasteiger partial charge is 0.267 e. The summed E-state index contributed by atoms with van der Waals surface area (Å²) in [5.41, 5.74) is 1.72. The van der Waals surface area contributed by atoms with Crippen molar-refractivity contribution in [1.82, 2.24) is 9.78 Å². The second kappa shape index (κ2) is 9.03. The number of amides is 1. The summed E-state index contributed by atoms with van der Waals surface area (Å²) in [7, 11) is -3.95. The molecule has 0 spiro atoms. The number of rotatable bonds is 6. The Morgan fingerprint density at radius 2 is 1.77 bits per heavy atom. The summed E-state index contributed by atoms with van der Waals surface area (Å²) in [5.74, 6) is -0.298. The Labute approximate surface area is 185 Å². The molecular formula is C22H22ClN3O4S. The van der Waals surface area contributed by atoms with E-state index in [1.165, 1.54) is 12.1 Å². The topological polar surface area (TPSA) is 98.1 Å². The van der Waals surface area contributed by atoms with Crippen LogP contribution in [0.25, 0.3) is 0 Å².